The van der Waals surface area contributed by atoms with E-state index in [2.05, 4.69) is 10.6 Å². The number of carbonyl (C=O) groups excluding carboxylic acids is 2. The Morgan fingerprint density at radius 3 is 2.41 bits per heavy atom. The Morgan fingerprint density at radius 1 is 0.862 bits per heavy atom. The van der Waals surface area contributed by atoms with Crippen molar-refractivity contribution < 1.29 is 14.3 Å². The van der Waals surface area contributed by atoms with Gasteiger partial charge in [0.05, 0.1) is 17.1 Å². The molecule has 0 bridgehead atoms. The van der Waals surface area contributed by atoms with Gasteiger partial charge in [-0.25, -0.2) is 0 Å². The molecule has 2 amide bonds. The Hall–Kier alpha value is -3.64. The highest BCUT2D eigenvalue weighted by atomic mass is 32.1. The Bertz CT molecular complexity index is 1120. The van der Waals surface area contributed by atoms with Crippen LogP contribution in [0.15, 0.2) is 84.9 Å². The van der Waals surface area contributed by atoms with E-state index in [1.54, 1.807) is 12.1 Å². The number of hydrogen-bond donors (Lipinski definition) is 2. The van der Waals surface area contributed by atoms with Crippen molar-refractivity contribution in [2.75, 3.05) is 11.9 Å². The van der Waals surface area contributed by atoms with Crippen molar-refractivity contribution in [3.8, 4) is 11.5 Å². The highest BCUT2D eigenvalue weighted by Gasteiger charge is 2.13. The second kappa shape index (κ2) is 8.58. The van der Waals surface area contributed by atoms with Gasteiger partial charge in [-0.1, -0.05) is 48.5 Å². The average Bonchev–Trinajstić information content (AvgIpc) is 3.19. The second-order valence-corrected chi connectivity index (χ2v) is 7.37. The van der Waals surface area contributed by atoms with Crippen LogP contribution in [0.25, 0.3) is 10.1 Å². The number of fused-ring (bicyclic) bond motifs is 1. The molecule has 4 aromatic rings. The predicted molar refractivity (Wildman–Crippen MR) is 116 cm³/mol. The summed E-state index contributed by atoms with van der Waals surface area (Å²) in [6.45, 7) is -0.132. The fourth-order valence-electron chi connectivity index (χ4n) is 2.81. The van der Waals surface area contributed by atoms with Gasteiger partial charge in [-0.15, -0.1) is 11.3 Å². The monoisotopic (exact) mass is 402 g/mol. The van der Waals surface area contributed by atoms with Gasteiger partial charge < -0.3 is 15.4 Å². The van der Waals surface area contributed by atoms with Crippen LogP contribution in [0, 0.1) is 0 Å². The highest BCUT2D eigenvalue weighted by Crippen LogP contribution is 2.29. The molecule has 6 heteroatoms. The van der Waals surface area contributed by atoms with Crippen LogP contribution in [0.5, 0.6) is 11.5 Å². The summed E-state index contributed by atoms with van der Waals surface area (Å²) in [6.07, 6.45) is 0. The van der Waals surface area contributed by atoms with Gasteiger partial charge in [0.1, 0.15) is 5.75 Å². The molecule has 0 aliphatic heterocycles. The van der Waals surface area contributed by atoms with Crippen LogP contribution in [0.3, 0.4) is 0 Å². The van der Waals surface area contributed by atoms with Crippen molar-refractivity contribution in [3.63, 3.8) is 0 Å². The standard InChI is InChI=1S/C23H18N2O3S/c26-22(15-24-23(27)21-14-16-8-4-7-13-20(16)29-21)25-18-11-5-6-12-19(18)28-17-9-2-1-3-10-17/h1-14H,15H2,(H,24,27)(H,25,26). The molecule has 0 unspecified atom stereocenters. The lowest BCUT2D eigenvalue weighted by molar-refractivity contribution is -0.115. The zero-order chi connectivity index (χ0) is 20.1. The zero-order valence-electron chi connectivity index (χ0n) is 15.4. The lowest BCUT2D eigenvalue weighted by Gasteiger charge is -2.12. The number of amides is 2. The minimum Gasteiger partial charge on any atom is -0.455 e. The number of hydrogen-bond acceptors (Lipinski definition) is 4. The van der Waals surface area contributed by atoms with Crippen molar-refractivity contribution >= 4 is 38.9 Å². The number of anilines is 1. The van der Waals surface area contributed by atoms with Crippen LogP contribution in [-0.4, -0.2) is 18.4 Å². The van der Waals surface area contributed by atoms with Crippen molar-refractivity contribution in [1.29, 1.82) is 0 Å². The minimum atomic E-state index is -0.330. The molecule has 0 aliphatic carbocycles. The molecule has 144 valence electrons. The first-order valence-corrected chi connectivity index (χ1v) is 9.89. The van der Waals surface area contributed by atoms with E-state index in [4.69, 9.17) is 4.74 Å². The molecule has 1 heterocycles. The van der Waals surface area contributed by atoms with Crippen LogP contribution >= 0.6 is 11.3 Å². The van der Waals surface area contributed by atoms with E-state index < -0.39 is 0 Å². The van der Waals surface area contributed by atoms with E-state index >= 15 is 0 Å². The first-order valence-electron chi connectivity index (χ1n) is 9.07. The van der Waals surface area contributed by atoms with Crippen LogP contribution < -0.4 is 15.4 Å². The molecule has 0 saturated carbocycles. The molecular weight excluding hydrogens is 384 g/mol. The Morgan fingerprint density at radius 2 is 1.59 bits per heavy atom. The summed E-state index contributed by atoms with van der Waals surface area (Å²) in [5, 5.41) is 6.47. The summed E-state index contributed by atoms with van der Waals surface area (Å²) >= 11 is 1.40. The molecule has 5 nitrogen and oxygen atoms in total. The van der Waals surface area contributed by atoms with Gasteiger partial charge >= 0.3 is 0 Å². The van der Waals surface area contributed by atoms with E-state index in [0.29, 0.717) is 22.1 Å². The summed E-state index contributed by atoms with van der Waals surface area (Å²) in [6, 6.07) is 26.1. The zero-order valence-corrected chi connectivity index (χ0v) is 16.2. The van der Waals surface area contributed by atoms with Gasteiger partial charge in [0, 0.05) is 4.70 Å². The Balaban J connectivity index is 1.38. The van der Waals surface area contributed by atoms with Crippen LogP contribution in [-0.2, 0) is 4.79 Å². The lowest BCUT2D eigenvalue weighted by atomic mass is 10.2. The number of thiophene rings is 1. The molecule has 4 rings (SSSR count). The van der Waals surface area contributed by atoms with Crippen molar-refractivity contribution in [2.24, 2.45) is 0 Å². The van der Waals surface area contributed by atoms with E-state index in [1.165, 1.54) is 11.3 Å². The van der Waals surface area contributed by atoms with Crippen molar-refractivity contribution in [1.82, 2.24) is 5.32 Å². The Labute approximate surface area is 171 Å². The molecule has 0 fully saturated rings. The van der Waals surface area contributed by atoms with Crippen LogP contribution in [0.2, 0.25) is 0 Å². The molecule has 0 saturated heterocycles. The maximum atomic E-state index is 12.4. The normalized spacial score (nSPS) is 10.5. The van der Waals surface area contributed by atoms with Gasteiger partial charge in [0.2, 0.25) is 5.91 Å². The van der Waals surface area contributed by atoms with E-state index in [0.717, 1.165) is 10.1 Å². The first-order chi connectivity index (χ1) is 14.2. The van der Waals surface area contributed by atoms with Crippen molar-refractivity contribution in [2.45, 2.75) is 0 Å². The molecule has 29 heavy (non-hydrogen) atoms. The van der Waals surface area contributed by atoms with Crippen molar-refractivity contribution in [3.05, 3.63) is 89.8 Å². The summed E-state index contributed by atoms with van der Waals surface area (Å²) in [5.74, 6) is 0.605. The third-order valence-corrected chi connectivity index (χ3v) is 5.31. The highest BCUT2D eigenvalue weighted by molar-refractivity contribution is 7.20. The lowest BCUT2D eigenvalue weighted by Crippen LogP contribution is -2.32. The number of carbonyl (C=O) groups is 2. The van der Waals surface area contributed by atoms with E-state index in [1.807, 2.05) is 72.8 Å². The van der Waals surface area contributed by atoms with E-state index in [-0.39, 0.29) is 18.4 Å². The third-order valence-electron chi connectivity index (χ3n) is 4.19. The molecule has 0 spiro atoms. The molecule has 0 radical (unpaired) electrons. The van der Waals surface area contributed by atoms with Gasteiger partial charge in [-0.05, 0) is 41.8 Å². The summed E-state index contributed by atoms with van der Waals surface area (Å²) in [4.78, 5) is 25.3. The number of rotatable bonds is 6. The average molecular weight is 402 g/mol. The summed E-state index contributed by atoms with van der Waals surface area (Å²) in [7, 11) is 0. The maximum Gasteiger partial charge on any atom is 0.261 e. The molecule has 0 atom stereocenters. The van der Waals surface area contributed by atoms with Gasteiger partial charge in [-0.3, -0.25) is 9.59 Å². The number of para-hydroxylation sites is 3. The fraction of sp³-hybridized carbons (Fsp3) is 0.0435. The molecule has 3 aromatic carbocycles. The largest absolute Gasteiger partial charge is 0.455 e. The van der Waals surface area contributed by atoms with Gasteiger partial charge in [-0.2, -0.15) is 0 Å². The Kier molecular flexibility index (Phi) is 5.54. The fourth-order valence-corrected chi connectivity index (χ4v) is 3.79. The SMILES string of the molecule is O=C(CNC(=O)c1cc2ccccc2s1)Nc1ccccc1Oc1ccccc1. The molecule has 0 aliphatic rings. The second-order valence-electron chi connectivity index (χ2n) is 6.29. The molecule has 2 N–H and O–H groups in total. The first kappa shape index (κ1) is 18.7. The van der Waals surface area contributed by atoms with Gasteiger partial charge in [0.15, 0.2) is 5.75 Å². The predicted octanol–water partition coefficient (Wildman–Crippen LogP) is 5.06. The topological polar surface area (TPSA) is 67.4 Å². The molecular formula is C23H18N2O3S. The maximum absolute atomic E-state index is 12.4. The van der Waals surface area contributed by atoms with Crippen LogP contribution in [0.1, 0.15) is 9.67 Å². The minimum absolute atomic E-state index is 0.132. The summed E-state index contributed by atoms with van der Waals surface area (Å²) < 4.78 is 6.87. The number of ether oxygens (including phenoxy) is 1. The van der Waals surface area contributed by atoms with Crippen LogP contribution in [0.4, 0.5) is 5.69 Å². The quantitative estimate of drug-likeness (QED) is 0.474. The summed E-state index contributed by atoms with van der Waals surface area (Å²) in [5.41, 5.74) is 0.539. The number of nitrogens with one attached hydrogen (secondary N) is 2. The smallest absolute Gasteiger partial charge is 0.261 e. The third kappa shape index (κ3) is 4.62. The van der Waals surface area contributed by atoms with E-state index in [9.17, 15) is 9.59 Å². The molecule has 1 aromatic heterocycles. The number of benzene rings is 3. The van der Waals surface area contributed by atoms with Gasteiger partial charge in [0.25, 0.3) is 5.91 Å².